The molecule has 0 aromatic heterocycles. The van der Waals surface area contributed by atoms with Gasteiger partial charge in [0.25, 0.3) is 23.2 Å². The highest BCUT2D eigenvalue weighted by Gasteiger charge is 2.36. The maximum Gasteiger partial charge on any atom is 0.323 e. The first kappa shape index (κ1) is 17.6. The molecule has 0 saturated carbocycles. The predicted octanol–water partition coefficient (Wildman–Crippen LogP) is 1.62. The number of carboxylic acid groups (broad SMARTS) is 1. The third-order valence-electron chi connectivity index (χ3n) is 3.50. The van der Waals surface area contributed by atoms with Crippen molar-refractivity contribution < 1.29 is 24.4 Å². The van der Waals surface area contributed by atoms with Gasteiger partial charge in [-0.2, -0.15) is 0 Å². The van der Waals surface area contributed by atoms with Gasteiger partial charge in [0, 0.05) is 17.7 Å². The van der Waals surface area contributed by atoms with Crippen LogP contribution in [-0.4, -0.2) is 39.3 Å². The quantitative estimate of drug-likeness (QED) is 0.292. The van der Waals surface area contributed by atoms with E-state index >= 15 is 0 Å². The number of benzene rings is 1. The maximum absolute atomic E-state index is 12.5. The van der Waals surface area contributed by atoms with Gasteiger partial charge in [0.1, 0.15) is 6.54 Å². The summed E-state index contributed by atoms with van der Waals surface area (Å²) >= 11 is 0. The molecule has 1 heterocycles. The fourth-order valence-corrected chi connectivity index (χ4v) is 2.25. The van der Waals surface area contributed by atoms with Crippen LogP contribution in [0.5, 0.6) is 0 Å². The molecular formula is C16H11N3O6. The molecule has 1 aliphatic rings. The monoisotopic (exact) mass is 341 g/mol. The van der Waals surface area contributed by atoms with Crippen molar-refractivity contribution in [2.75, 3.05) is 6.54 Å². The minimum absolute atomic E-state index is 0.0132. The number of carboxylic acids is 1. The van der Waals surface area contributed by atoms with E-state index in [-0.39, 0.29) is 22.5 Å². The van der Waals surface area contributed by atoms with Gasteiger partial charge in [0.15, 0.2) is 0 Å². The van der Waals surface area contributed by atoms with Crippen LogP contribution in [0.15, 0.2) is 41.1 Å². The maximum atomic E-state index is 12.5. The molecule has 0 spiro atoms. The molecule has 1 aromatic carbocycles. The average Bonchev–Trinajstić information content (AvgIpc) is 2.56. The highest BCUT2D eigenvalue weighted by molar-refractivity contribution is 6.19. The Balaban J connectivity index is 2.53. The minimum atomic E-state index is -1.39. The van der Waals surface area contributed by atoms with E-state index in [0.29, 0.717) is 10.5 Å². The number of amides is 2. The van der Waals surface area contributed by atoms with Crippen LogP contribution in [-0.2, 0) is 14.4 Å². The molecule has 2 amide bonds. The molecule has 0 fully saturated rings. The first-order valence-electron chi connectivity index (χ1n) is 6.89. The Kier molecular flexibility index (Phi) is 4.74. The topological polar surface area (TPSA) is 122 Å². The standard InChI is InChI=1S/C16H11N3O6/c1-9-12(7-10-3-5-11(6-4-10)19(24)25)15(22)18(8-13(20)21)16(23)14(9)17-2/h3-7H,8H2,1H3,(H,20,21)/b12-7-. The van der Waals surface area contributed by atoms with Crippen LogP contribution in [0.1, 0.15) is 12.5 Å². The molecule has 126 valence electrons. The number of rotatable bonds is 4. The van der Waals surface area contributed by atoms with Crippen LogP contribution in [0.25, 0.3) is 10.9 Å². The molecular weight excluding hydrogens is 330 g/mol. The lowest BCUT2D eigenvalue weighted by Gasteiger charge is -2.26. The molecule has 9 heteroatoms. The van der Waals surface area contributed by atoms with Gasteiger partial charge in [0.05, 0.1) is 11.5 Å². The number of aliphatic carboxylic acids is 1. The molecule has 9 nitrogen and oxygen atoms in total. The Hall–Kier alpha value is -3.80. The smallest absolute Gasteiger partial charge is 0.323 e. The molecule has 1 aliphatic heterocycles. The fourth-order valence-electron chi connectivity index (χ4n) is 2.25. The number of non-ortho nitro benzene ring substituents is 1. The molecule has 2 rings (SSSR count). The summed E-state index contributed by atoms with van der Waals surface area (Å²) in [5.74, 6) is -3.18. The van der Waals surface area contributed by atoms with Gasteiger partial charge in [-0.05, 0) is 36.3 Å². The summed E-state index contributed by atoms with van der Waals surface area (Å²) in [6.07, 6.45) is 1.36. The van der Waals surface area contributed by atoms with Crippen molar-refractivity contribution in [2.24, 2.45) is 0 Å². The Morgan fingerprint density at radius 3 is 2.40 bits per heavy atom. The van der Waals surface area contributed by atoms with E-state index in [1.807, 2.05) is 0 Å². The zero-order valence-corrected chi connectivity index (χ0v) is 12.9. The van der Waals surface area contributed by atoms with Crippen molar-refractivity contribution in [1.82, 2.24) is 4.90 Å². The Labute approximate surface area is 141 Å². The van der Waals surface area contributed by atoms with E-state index in [2.05, 4.69) is 4.85 Å². The third kappa shape index (κ3) is 3.42. The highest BCUT2D eigenvalue weighted by atomic mass is 16.6. The Morgan fingerprint density at radius 1 is 1.32 bits per heavy atom. The number of imide groups is 1. The number of nitro groups is 1. The van der Waals surface area contributed by atoms with E-state index < -0.39 is 29.3 Å². The zero-order valence-electron chi connectivity index (χ0n) is 12.9. The second kappa shape index (κ2) is 6.76. The number of nitro benzene ring substituents is 1. The molecule has 1 aromatic rings. The second-order valence-corrected chi connectivity index (χ2v) is 5.08. The third-order valence-corrected chi connectivity index (χ3v) is 3.50. The van der Waals surface area contributed by atoms with Crippen LogP contribution in [0.2, 0.25) is 0 Å². The van der Waals surface area contributed by atoms with Gasteiger partial charge in [0.2, 0.25) is 0 Å². The summed E-state index contributed by atoms with van der Waals surface area (Å²) in [5.41, 5.74) is 0.0795. The average molecular weight is 341 g/mol. The Morgan fingerprint density at radius 2 is 1.92 bits per heavy atom. The van der Waals surface area contributed by atoms with Crippen LogP contribution in [0.3, 0.4) is 0 Å². The first-order chi connectivity index (χ1) is 11.8. The van der Waals surface area contributed by atoms with Crippen molar-refractivity contribution in [2.45, 2.75) is 6.92 Å². The van der Waals surface area contributed by atoms with Gasteiger partial charge in [-0.1, -0.05) is 0 Å². The van der Waals surface area contributed by atoms with Gasteiger partial charge in [-0.15, -0.1) is 0 Å². The second-order valence-electron chi connectivity index (χ2n) is 5.08. The van der Waals surface area contributed by atoms with E-state index in [1.165, 1.54) is 37.3 Å². The summed E-state index contributed by atoms with van der Waals surface area (Å²) in [7, 11) is 0. The van der Waals surface area contributed by atoms with Gasteiger partial charge in [-0.3, -0.25) is 29.4 Å². The molecule has 25 heavy (non-hydrogen) atoms. The van der Waals surface area contributed by atoms with E-state index in [0.717, 1.165) is 0 Å². The SMILES string of the molecule is [C-]#[N+]C1=C(C)/C(=C/c2ccc([N+](=O)[O-])cc2)C(=O)N(CC(=O)O)C1=O. The van der Waals surface area contributed by atoms with Crippen LogP contribution in [0, 0.1) is 16.7 Å². The molecule has 0 aliphatic carbocycles. The molecule has 0 radical (unpaired) electrons. The summed E-state index contributed by atoms with van der Waals surface area (Å²) in [5, 5.41) is 19.5. The Bertz CT molecular complexity index is 889. The number of hydrogen-bond acceptors (Lipinski definition) is 5. The minimum Gasteiger partial charge on any atom is -0.480 e. The van der Waals surface area contributed by atoms with Gasteiger partial charge >= 0.3 is 5.97 Å². The number of nitrogens with zero attached hydrogens (tertiary/aromatic N) is 3. The van der Waals surface area contributed by atoms with Crippen molar-refractivity contribution in [3.8, 4) is 0 Å². The summed E-state index contributed by atoms with van der Waals surface area (Å²) < 4.78 is 0. The summed E-state index contributed by atoms with van der Waals surface area (Å²) in [6.45, 7) is 7.66. The molecule has 0 bridgehead atoms. The first-order valence-corrected chi connectivity index (χ1v) is 6.89. The van der Waals surface area contributed by atoms with E-state index in [1.54, 1.807) is 0 Å². The highest BCUT2D eigenvalue weighted by Crippen LogP contribution is 2.28. The molecule has 1 N–H and O–H groups in total. The lowest BCUT2D eigenvalue weighted by molar-refractivity contribution is -0.384. The van der Waals surface area contributed by atoms with E-state index in [9.17, 15) is 24.5 Å². The van der Waals surface area contributed by atoms with Gasteiger partial charge < -0.3 is 5.11 Å². The van der Waals surface area contributed by atoms with Crippen molar-refractivity contribution in [1.29, 1.82) is 0 Å². The summed E-state index contributed by atoms with van der Waals surface area (Å²) in [4.78, 5) is 49.1. The van der Waals surface area contributed by atoms with Gasteiger partial charge in [-0.25, -0.2) is 4.85 Å². The lowest BCUT2D eigenvalue weighted by atomic mass is 9.96. The van der Waals surface area contributed by atoms with Crippen LogP contribution >= 0.6 is 0 Å². The van der Waals surface area contributed by atoms with E-state index in [4.69, 9.17) is 11.7 Å². The number of hydrogen-bond donors (Lipinski definition) is 1. The largest absolute Gasteiger partial charge is 0.480 e. The predicted molar refractivity (Wildman–Crippen MR) is 84.7 cm³/mol. The van der Waals surface area contributed by atoms with Crippen LogP contribution in [0.4, 0.5) is 5.69 Å². The van der Waals surface area contributed by atoms with Crippen molar-refractivity contribution in [3.05, 3.63) is 68.2 Å². The molecule has 0 atom stereocenters. The molecule has 0 unspecified atom stereocenters. The number of carbonyl (C=O) groups is 3. The fraction of sp³-hybridized carbons (Fsp3) is 0.125. The molecule has 0 saturated heterocycles. The summed E-state index contributed by atoms with van der Waals surface area (Å²) in [6, 6.07) is 5.30. The lowest BCUT2D eigenvalue weighted by Crippen LogP contribution is -2.45. The van der Waals surface area contributed by atoms with Crippen LogP contribution < -0.4 is 0 Å². The zero-order chi connectivity index (χ0) is 18.7. The van der Waals surface area contributed by atoms with Crippen molar-refractivity contribution >= 4 is 29.5 Å². The normalized spacial score (nSPS) is 16.2. The van der Waals surface area contributed by atoms with Crippen molar-refractivity contribution in [3.63, 3.8) is 0 Å². The number of carbonyl (C=O) groups excluding carboxylic acids is 2.